The van der Waals surface area contributed by atoms with Crippen LogP contribution in [0.3, 0.4) is 0 Å². The summed E-state index contributed by atoms with van der Waals surface area (Å²) in [6, 6.07) is 2.51. The van der Waals surface area contributed by atoms with Crippen molar-refractivity contribution in [2.45, 2.75) is 25.3 Å². The maximum Gasteiger partial charge on any atom is 0.326 e. The van der Waals surface area contributed by atoms with Crippen molar-refractivity contribution in [2.75, 3.05) is 11.4 Å². The third kappa shape index (κ3) is 2.64. The Kier molecular flexibility index (Phi) is 3.64. The van der Waals surface area contributed by atoms with Crippen molar-refractivity contribution >= 4 is 17.3 Å². The lowest BCUT2D eigenvalue weighted by molar-refractivity contribution is -0.385. The number of nitro benzene ring substituents is 1. The standard InChI is InChI=1S/C12H13FN2O4/c13-9-7-8(15(18)19)4-5-10(9)14-6-2-1-3-11(14)12(16)17/h4-5,7,11H,1-3,6H2,(H,16,17)/t11-/m0/s1. The van der Waals surface area contributed by atoms with Crippen LogP contribution in [0.2, 0.25) is 0 Å². The number of nitrogens with zero attached hydrogens (tertiary/aromatic N) is 2. The molecule has 0 aromatic heterocycles. The van der Waals surface area contributed by atoms with E-state index in [2.05, 4.69) is 0 Å². The Hall–Kier alpha value is -2.18. The second kappa shape index (κ2) is 5.21. The van der Waals surface area contributed by atoms with E-state index >= 15 is 0 Å². The average molecular weight is 268 g/mol. The van der Waals surface area contributed by atoms with Gasteiger partial charge in [0.1, 0.15) is 6.04 Å². The highest BCUT2D eigenvalue weighted by molar-refractivity contribution is 5.78. The molecule has 1 atom stereocenters. The molecule has 1 saturated heterocycles. The minimum Gasteiger partial charge on any atom is -0.480 e. The number of hydrogen-bond acceptors (Lipinski definition) is 4. The predicted molar refractivity (Wildman–Crippen MR) is 65.7 cm³/mol. The molecule has 1 heterocycles. The van der Waals surface area contributed by atoms with Gasteiger partial charge in [0.15, 0.2) is 5.82 Å². The van der Waals surface area contributed by atoms with Gasteiger partial charge in [-0.05, 0) is 25.3 Å². The van der Waals surface area contributed by atoms with E-state index < -0.39 is 22.8 Å². The number of non-ortho nitro benzene ring substituents is 1. The Morgan fingerprint density at radius 1 is 1.47 bits per heavy atom. The molecule has 1 aliphatic heterocycles. The predicted octanol–water partition coefficient (Wildman–Crippen LogP) is 2.18. The molecule has 1 aliphatic rings. The summed E-state index contributed by atoms with van der Waals surface area (Å²) < 4.78 is 13.9. The zero-order valence-electron chi connectivity index (χ0n) is 10.1. The molecule has 0 bridgehead atoms. The van der Waals surface area contributed by atoms with Gasteiger partial charge in [0, 0.05) is 12.6 Å². The maximum absolute atomic E-state index is 13.9. The number of carboxylic acid groups (broad SMARTS) is 1. The quantitative estimate of drug-likeness (QED) is 0.671. The highest BCUT2D eigenvalue weighted by Crippen LogP contribution is 2.29. The van der Waals surface area contributed by atoms with E-state index in [0.717, 1.165) is 18.9 Å². The molecule has 1 aromatic carbocycles. The van der Waals surface area contributed by atoms with E-state index in [1.165, 1.54) is 17.0 Å². The van der Waals surface area contributed by atoms with Crippen LogP contribution in [0.5, 0.6) is 0 Å². The number of aliphatic carboxylic acids is 1. The van der Waals surface area contributed by atoms with Gasteiger partial charge in [-0.2, -0.15) is 0 Å². The Balaban J connectivity index is 2.34. The number of benzene rings is 1. The molecule has 19 heavy (non-hydrogen) atoms. The highest BCUT2D eigenvalue weighted by Gasteiger charge is 2.30. The van der Waals surface area contributed by atoms with E-state index in [4.69, 9.17) is 5.11 Å². The summed E-state index contributed by atoms with van der Waals surface area (Å²) in [4.78, 5) is 22.5. The van der Waals surface area contributed by atoms with Gasteiger partial charge in [-0.1, -0.05) is 0 Å². The van der Waals surface area contributed by atoms with Crippen LogP contribution in [0.25, 0.3) is 0 Å². The minimum atomic E-state index is -1.00. The number of anilines is 1. The van der Waals surface area contributed by atoms with E-state index in [1.807, 2.05) is 0 Å². The van der Waals surface area contributed by atoms with Crippen LogP contribution in [0.4, 0.5) is 15.8 Å². The molecule has 1 aromatic rings. The Morgan fingerprint density at radius 3 is 2.79 bits per heavy atom. The number of carbonyl (C=O) groups is 1. The van der Waals surface area contributed by atoms with Crippen molar-refractivity contribution in [1.29, 1.82) is 0 Å². The average Bonchev–Trinajstić information content (AvgIpc) is 2.38. The van der Waals surface area contributed by atoms with Gasteiger partial charge in [0.2, 0.25) is 0 Å². The van der Waals surface area contributed by atoms with Crippen LogP contribution >= 0.6 is 0 Å². The fourth-order valence-electron chi connectivity index (χ4n) is 2.32. The summed E-state index contributed by atoms with van der Waals surface area (Å²) in [7, 11) is 0. The van der Waals surface area contributed by atoms with Gasteiger partial charge in [-0.3, -0.25) is 10.1 Å². The van der Waals surface area contributed by atoms with Crippen molar-refractivity contribution in [3.05, 3.63) is 34.1 Å². The Bertz CT molecular complexity index is 520. The maximum atomic E-state index is 13.9. The normalized spacial score (nSPS) is 19.2. The molecule has 1 fully saturated rings. The first kappa shape index (κ1) is 13.3. The molecule has 0 aliphatic carbocycles. The lowest BCUT2D eigenvalue weighted by atomic mass is 10.0. The van der Waals surface area contributed by atoms with Crippen LogP contribution in [0.15, 0.2) is 18.2 Å². The summed E-state index contributed by atoms with van der Waals surface area (Å²) in [5.74, 6) is -1.76. The van der Waals surface area contributed by atoms with Gasteiger partial charge < -0.3 is 10.0 Å². The molecule has 2 rings (SSSR count). The highest BCUT2D eigenvalue weighted by atomic mass is 19.1. The van der Waals surface area contributed by atoms with E-state index in [-0.39, 0.29) is 11.4 Å². The third-order valence-electron chi connectivity index (χ3n) is 3.24. The molecule has 0 unspecified atom stereocenters. The Labute approximate surface area is 108 Å². The number of halogens is 1. The van der Waals surface area contributed by atoms with Crippen molar-refractivity contribution < 1.29 is 19.2 Å². The van der Waals surface area contributed by atoms with Crippen LogP contribution < -0.4 is 4.90 Å². The van der Waals surface area contributed by atoms with Gasteiger partial charge in [-0.25, -0.2) is 9.18 Å². The number of hydrogen-bond donors (Lipinski definition) is 1. The second-order valence-electron chi connectivity index (χ2n) is 4.44. The Morgan fingerprint density at radius 2 is 2.21 bits per heavy atom. The number of rotatable bonds is 3. The van der Waals surface area contributed by atoms with Crippen molar-refractivity contribution in [3.63, 3.8) is 0 Å². The molecule has 6 nitrogen and oxygen atoms in total. The molecular weight excluding hydrogens is 255 g/mol. The van der Waals surface area contributed by atoms with Crippen molar-refractivity contribution in [2.24, 2.45) is 0 Å². The zero-order chi connectivity index (χ0) is 14.0. The fourth-order valence-corrected chi connectivity index (χ4v) is 2.32. The van der Waals surface area contributed by atoms with Gasteiger partial charge in [0.05, 0.1) is 16.7 Å². The molecule has 7 heteroatoms. The van der Waals surface area contributed by atoms with Crippen LogP contribution in [0, 0.1) is 15.9 Å². The molecule has 0 spiro atoms. The molecule has 0 saturated carbocycles. The monoisotopic (exact) mass is 268 g/mol. The summed E-state index contributed by atoms with van der Waals surface area (Å²) >= 11 is 0. The molecule has 0 radical (unpaired) electrons. The summed E-state index contributed by atoms with van der Waals surface area (Å²) in [5, 5.41) is 19.7. The van der Waals surface area contributed by atoms with Crippen molar-refractivity contribution in [1.82, 2.24) is 0 Å². The smallest absolute Gasteiger partial charge is 0.326 e. The van der Waals surface area contributed by atoms with Gasteiger partial charge in [0.25, 0.3) is 5.69 Å². The third-order valence-corrected chi connectivity index (χ3v) is 3.24. The summed E-state index contributed by atoms with van der Waals surface area (Å²) in [6.45, 7) is 0.436. The van der Waals surface area contributed by atoms with Crippen LogP contribution in [-0.2, 0) is 4.79 Å². The lowest BCUT2D eigenvalue weighted by Crippen LogP contribution is -2.45. The summed E-state index contributed by atoms with van der Waals surface area (Å²) in [6.07, 6.45) is 2.01. The zero-order valence-corrected chi connectivity index (χ0v) is 10.1. The minimum absolute atomic E-state index is 0.109. The van der Waals surface area contributed by atoms with Gasteiger partial charge >= 0.3 is 5.97 Å². The van der Waals surface area contributed by atoms with E-state index in [0.29, 0.717) is 13.0 Å². The second-order valence-corrected chi connectivity index (χ2v) is 4.44. The SMILES string of the molecule is O=C(O)[C@@H]1CCCCN1c1ccc([N+](=O)[O-])cc1F. The fraction of sp³-hybridized carbons (Fsp3) is 0.417. The first-order chi connectivity index (χ1) is 9.00. The van der Waals surface area contributed by atoms with Crippen molar-refractivity contribution in [3.8, 4) is 0 Å². The van der Waals surface area contributed by atoms with Crippen LogP contribution in [0.1, 0.15) is 19.3 Å². The van der Waals surface area contributed by atoms with Gasteiger partial charge in [-0.15, -0.1) is 0 Å². The molecular formula is C12H13FN2O4. The molecule has 1 N–H and O–H groups in total. The largest absolute Gasteiger partial charge is 0.480 e. The number of piperidine rings is 1. The summed E-state index contributed by atoms with van der Waals surface area (Å²) in [5.41, 5.74) is -0.233. The van der Waals surface area contributed by atoms with E-state index in [9.17, 15) is 19.3 Å². The lowest BCUT2D eigenvalue weighted by Gasteiger charge is -2.34. The van der Waals surface area contributed by atoms with E-state index in [1.54, 1.807) is 0 Å². The first-order valence-electron chi connectivity index (χ1n) is 5.94. The first-order valence-corrected chi connectivity index (χ1v) is 5.94. The molecule has 0 amide bonds. The molecule has 102 valence electrons. The topological polar surface area (TPSA) is 83.7 Å². The van der Waals surface area contributed by atoms with Crippen LogP contribution in [-0.4, -0.2) is 28.6 Å². The number of nitro groups is 1. The number of carboxylic acids is 1.